The topological polar surface area (TPSA) is 27.1 Å². The van der Waals surface area contributed by atoms with E-state index in [1.165, 1.54) is 19.2 Å². The van der Waals surface area contributed by atoms with Crippen LogP contribution in [0.1, 0.15) is 6.92 Å². The number of hydrogen-bond donors (Lipinski definition) is 0. The molecule has 0 bridgehead atoms. The van der Waals surface area contributed by atoms with Gasteiger partial charge in [0, 0.05) is 30.6 Å². The van der Waals surface area contributed by atoms with Gasteiger partial charge in [-0.25, -0.2) is 9.37 Å². The standard InChI is InChI=1S/C12H13FN2O/c1-3-15-5-4-14-12(15)9-6-10(13)8-11(7-9)16-2/h4-8H,3H2,1-2H3. The molecule has 0 saturated heterocycles. The first-order chi connectivity index (χ1) is 7.74. The molecule has 0 atom stereocenters. The van der Waals surface area contributed by atoms with Crippen LogP contribution in [-0.4, -0.2) is 16.7 Å². The second-order valence-corrected chi connectivity index (χ2v) is 3.42. The van der Waals surface area contributed by atoms with Gasteiger partial charge >= 0.3 is 0 Å². The number of benzene rings is 1. The zero-order valence-corrected chi connectivity index (χ0v) is 9.27. The second-order valence-electron chi connectivity index (χ2n) is 3.42. The molecule has 0 aliphatic heterocycles. The van der Waals surface area contributed by atoms with Crippen LogP contribution in [0.2, 0.25) is 0 Å². The molecule has 4 heteroatoms. The molecule has 0 amide bonds. The van der Waals surface area contributed by atoms with Crippen molar-refractivity contribution in [3.8, 4) is 17.1 Å². The van der Waals surface area contributed by atoms with Crippen molar-refractivity contribution in [1.82, 2.24) is 9.55 Å². The van der Waals surface area contributed by atoms with Crippen molar-refractivity contribution in [2.45, 2.75) is 13.5 Å². The van der Waals surface area contributed by atoms with Crippen molar-refractivity contribution >= 4 is 0 Å². The maximum absolute atomic E-state index is 13.3. The fourth-order valence-electron chi connectivity index (χ4n) is 1.63. The Kier molecular flexibility index (Phi) is 2.90. The molecule has 0 aliphatic rings. The van der Waals surface area contributed by atoms with E-state index in [1.54, 1.807) is 12.3 Å². The first kappa shape index (κ1) is 10.7. The Balaban J connectivity index is 2.51. The van der Waals surface area contributed by atoms with E-state index in [1.807, 2.05) is 17.7 Å². The Labute approximate surface area is 93.5 Å². The van der Waals surface area contributed by atoms with E-state index >= 15 is 0 Å². The van der Waals surface area contributed by atoms with Gasteiger partial charge in [-0.05, 0) is 19.1 Å². The Morgan fingerprint density at radius 3 is 2.88 bits per heavy atom. The highest BCUT2D eigenvalue weighted by atomic mass is 19.1. The first-order valence-electron chi connectivity index (χ1n) is 5.10. The van der Waals surface area contributed by atoms with Crippen molar-refractivity contribution in [3.05, 3.63) is 36.4 Å². The highest BCUT2D eigenvalue weighted by Crippen LogP contribution is 2.24. The van der Waals surface area contributed by atoms with E-state index in [9.17, 15) is 4.39 Å². The fraction of sp³-hybridized carbons (Fsp3) is 0.250. The van der Waals surface area contributed by atoms with Gasteiger partial charge in [0.2, 0.25) is 0 Å². The lowest BCUT2D eigenvalue weighted by Gasteiger charge is -2.07. The zero-order chi connectivity index (χ0) is 11.5. The fourth-order valence-corrected chi connectivity index (χ4v) is 1.63. The Morgan fingerprint density at radius 1 is 1.38 bits per heavy atom. The van der Waals surface area contributed by atoms with Gasteiger partial charge in [0.05, 0.1) is 7.11 Å². The van der Waals surface area contributed by atoms with Crippen LogP contribution >= 0.6 is 0 Å². The minimum absolute atomic E-state index is 0.319. The van der Waals surface area contributed by atoms with Crippen LogP contribution in [0.3, 0.4) is 0 Å². The minimum atomic E-state index is -0.319. The van der Waals surface area contributed by atoms with Crippen molar-refractivity contribution in [2.75, 3.05) is 7.11 Å². The molecule has 84 valence electrons. The van der Waals surface area contributed by atoms with E-state index < -0.39 is 0 Å². The molecule has 0 unspecified atom stereocenters. The minimum Gasteiger partial charge on any atom is -0.497 e. The van der Waals surface area contributed by atoms with Gasteiger partial charge in [0.1, 0.15) is 17.4 Å². The molecule has 2 rings (SSSR count). The molecule has 0 saturated carbocycles. The van der Waals surface area contributed by atoms with Crippen LogP contribution in [0.4, 0.5) is 4.39 Å². The number of imidazole rings is 1. The van der Waals surface area contributed by atoms with E-state index in [2.05, 4.69) is 4.98 Å². The van der Waals surface area contributed by atoms with Gasteiger partial charge in [-0.15, -0.1) is 0 Å². The van der Waals surface area contributed by atoms with Crippen LogP contribution in [0.25, 0.3) is 11.4 Å². The number of nitrogens with zero attached hydrogens (tertiary/aromatic N) is 2. The Morgan fingerprint density at radius 2 is 2.19 bits per heavy atom. The van der Waals surface area contributed by atoms with Gasteiger partial charge in [-0.1, -0.05) is 0 Å². The molecule has 0 spiro atoms. The summed E-state index contributed by atoms with van der Waals surface area (Å²) in [6, 6.07) is 4.58. The number of aryl methyl sites for hydroxylation is 1. The average molecular weight is 220 g/mol. The number of methoxy groups -OCH3 is 1. The third-order valence-corrected chi connectivity index (χ3v) is 2.42. The van der Waals surface area contributed by atoms with Crippen molar-refractivity contribution in [2.24, 2.45) is 0 Å². The molecule has 0 aliphatic carbocycles. The predicted molar refractivity (Wildman–Crippen MR) is 59.8 cm³/mol. The second kappa shape index (κ2) is 4.35. The summed E-state index contributed by atoms with van der Waals surface area (Å²) in [6.45, 7) is 2.82. The molecule has 16 heavy (non-hydrogen) atoms. The number of rotatable bonds is 3. The Hall–Kier alpha value is -1.84. The van der Waals surface area contributed by atoms with Crippen LogP contribution in [0, 0.1) is 5.82 Å². The van der Waals surface area contributed by atoms with Gasteiger partial charge in [-0.3, -0.25) is 0 Å². The number of hydrogen-bond acceptors (Lipinski definition) is 2. The summed E-state index contributed by atoms with van der Waals surface area (Å²) < 4.78 is 20.3. The number of ether oxygens (including phenoxy) is 1. The normalized spacial score (nSPS) is 10.4. The molecule has 0 radical (unpaired) electrons. The van der Waals surface area contributed by atoms with E-state index in [0.29, 0.717) is 5.75 Å². The van der Waals surface area contributed by atoms with E-state index in [-0.39, 0.29) is 5.82 Å². The quantitative estimate of drug-likeness (QED) is 0.795. The lowest BCUT2D eigenvalue weighted by molar-refractivity contribution is 0.411. The highest BCUT2D eigenvalue weighted by Gasteiger charge is 2.08. The summed E-state index contributed by atoms with van der Waals surface area (Å²) in [5.74, 6) is 0.931. The van der Waals surface area contributed by atoms with E-state index in [4.69, 9.17) is 4.74 Å². The predicted octanol–water partition coefficient (Wildman–Crippen LogP) is 2.72. The molecule has 0 N–H and O–H groups in total. The molecule has 2 aromatic rings. The monoisotopic (exact) mass is 220 g/mol. The summed E-state index contributed by atoms with van der Waals surface area (Å²) in [4.78, 5) is 4.21. The first-order valence-corrected chi connectivity index (χ1v) is 5.10. The molecular weight excluding hydrogens is 207 g/mol. The molecule has 0 fully saturated rings. The third kappa shape index (κ3) is 1.91. The van der Waals surface area contributed by atoms with Gasteiger partial charge in [-0.2, -0.15) is 0 Å². The van der Waals surface area contributed by atoms with Crippen LogP contribution < -0.4 is 4.74 Å². The largest absolute Gasteiger partial charge is 0.497 e. The Bertz CT molecular complexity index is 494. The van der Waals surface area contributed by atoms with Gasteiger partial charge < -0.3 is 9.30 Å². The van der Waals surface area contributed by atoms with Crippen LogP contribution in [0.15, 0.2) is 30.6 Å². The van der Waals surface area contributed by atoms with E-state index in [0.717, 1.165) is 17.9 Å². The maximum atomic E-state index is 13.3. The smallest absolute Gasteiger partial charge is 0.140 e. The SMILES string of the molecule is CCn1ccnc1-c1cc(F)cc(OC)c1. The summed E-state index contributed by atoms with van der Waals surface area (Å²) in [6.07, 6.45) is 3.57. The molecular formula is C12H13FN2O. The van der Waals surface area contributed by atoms with Gasteiger partial charge in [0.25, 0.3) is 0 Å². The van der Waals surface area contributed by atoms with Crippen molar-refractivity contribution in [3.63, 3.8) is 0 Å². The van der Waals surface area contributed by atoms with Crippen LogP contribution in [-0.2, 0) is 6.54 Å². The van der Waals surface area contributed by atoms with Gasteiger partial charge in [0.15, 0.2) is 0 Å². The number of halogens is 1. The molecule has 1 heterocycles. The lowest BCUT2D eigenvalue weighted by atomic mass is 10.2. The van der Waals surface area contributed by atoms with Crippen molar-refractivity contribution < 1.29 is 9.13 Å². The number of aromatic nitrogens is 2. The zero-order valence-electron chi connectivity index (χ0n) is 9.27. The third-order valence-electron chi connectivity index (χ3n) is 2.42. The molecule has 1 aromatic heterocycles. The summed E-state index contributed by atoms with van der Waals surface area (Å²) >= 11 is 0. The van der Waals surface area contributed by atoms with Crippen LogP contribution in [0.5, 0.6) is 5.75 Å². The summed E-state index contributed by atoms with van der Waals surface area (Å²) in [5, 5.41) is 0. The summed E-state index contributed by atoms with van der Waals surface area (Å²) in [7, 11) is 1.52. The maximum Gasteiger partial charge on any atom is 0.140 e. The van der Waals surface area contributed by atoms with Crippen molar-refractivity contribution in [1.29, 1.82) is 0 Å². The molecule has 1 aromatic carbocycles. The average Bonchev–Trinajstić information content (AvgIpc) is 2.76. The highest BCUT2D eigenvalue weighted by molar-refractivity contribution is 5.58. The lowest BCUT2D eigenvalue weighted by Crippen LogP contribution is -1.97. The molecule has 3 nitrogen and oxygen atoms in total. The summed E-state index contributed by atoms with van der Waals surface area (Å²) in [5.41, 5.74) is 0.726.